The number of ether oxygens (including phenoxy) is 1. The predicted octanol–water partition coefficient (Wildman–Crippen LogP) is 5.81. The fourth-order valence-corrected chi connectivity index (χ4v) is 5.12. The number of hydrogen-bond donors (Lipinski definition) is 1. The van der Waals surface area contributed by atoms with Crippen LogP contribution in [0.2, 0.25) is 0 Å². The van der Waals surface area contributed by atoms with Crippen molar-refractivity contribution in [1.82, 2.24) is 0 Å². The van der Waals surface area contributed by atoms with Gasteiger partial charge in [-0.1, -0.05) is 65.8 Å². The fourth-order valence-electron chi connectivity index (χ4n) is 5.12. The van der Waals surface area contributed by atoms with Gasteiger partial charge in [0.1, 0.15) is 5.75 Å². The number of carboxylic acids is 1. The van der Waals surface area contributed by atoms with Gasteiger partial charge in [-0.2, -0.15) is 0 Å². The molecule has 1 N–H and O–H groups in total. The molecule has 5 nitrogen and oxygen atoms in total. The van der Waals surface area contributed by atoms with E-state index < -0.39 is 5.97 Å². The average Bonchev–Trinajstić information content (AvgIpc) is 3.15. The minimum Gasteiger partial charge on any atom is -0.482 e. The van der Waals surface area contributed by atoms with Crippen LogP contribution in [-0.2, 0) is 22.5 Å². The van der Waals surface area contributed by atoms with E-state index in [4.69, 9.17) is 14.7 Å². The molecule has 168 valence electrons. The van der Waals surface area contributed by atoms with Gasteiger partial charge in [-0.25, -0.2) is 4.79 Å². The van der Waals surface area contributed by atoms with Crippen molar-refractivity contribution in [1.29, 1.82) is 0 Å². The van der Waals surface area contributed by atoms with Crippen molar-refractivity contribution in [2.75, 3.05) is 6.61 Å². The lowest BCUT2D eigenvalue weighted by atomic mass is 9.81. The van der Waals surface area contributed by atoms with Gasteiger partial charge in [0, 0.05) is 11.1 Å². The third kappa shape index (κ3) is 4.36. The Morgan fingerprint density at radius 3 is 2.39 bits per heavy atom. The molecule has 5 heteroatoms. The van der Waals surface area contributed by atoms with Gasteiger partial charge in [-0.15, -0.1) is 0 Å². The third-order valence-electron chi connectivity index (χ3n) is 6.57. The highest BCUT2D eigenvalue weighted by Crippen LogP contribution is 2.45. The van der Waals surface area contributed by atoms with E-state index in [1.807, 2.05) is 31.2 Å². The van der Waals surface area contributed by atoms with E-state index in [0.717, 1.165) is 48.1 Å². The van der Waals surface area contributed by atoms with Crippen LogP contribution < -0.4 is 4.74 Å². The van der Waals surface area contributed by atoms with E-state index in [-0.39, 0.29) is 12.7 Å². The first-order chi connectivity index (χ1) is 16.1. The predicted molar refractivity (Wildman–Crippen MR) is 128 cm³/mol. The molecule has 0 saturated carbocycles. The van der Waals surface area contributed by atoms with E-state index in [1.165, 1.54) is 16.7 Å². The molecule has 3 aromatic carbocycles. The Labute approximate surface area is 193 Å². The van der Waals surface area contributed by atoms with Crippen LogP contribution in [-0.4, -0.2) is 23.4 Å². The lowest BCUT2D eigenvalue weighted by Gasteiger charge is -2.26. The second kappa shape index (κ2) is 9.10. The largest absolute Gasteiger partial charge is 0.482 e. The highest BCUT2D eigenvalue weighted by atomic mass is 16.6. The summed E-state index contributed by atoms with van der Waals surface area (Å²) >= 11 is 0. The Bertz CT molecular complexity index is 1170. The maximum absolute atomic E-state index is 10.9. The zero-order valence-corrected chi connectivity index (χ0v) is 18.7. The molecular weight excluding hydrogens is 414 g/mol. The van der Waals surface area contributed by atoms with Crippen LogP contribution in [0.5, 0.6) is 5.75 Å². The van der Waals surface area contributed by atoms with E-state index in [2.05, 4.69) is 47.6 Å². The van der Waals surface area contributed by atoms with Gasteiger partial charge in [0.15, 0.2) is 12.7 Å². The smallest absolute Gasteiger partial charge is 0.341 e. The summed E-state index contributed by atoms with van der Waals surface area (Å²) in [6.07, 6.45) is 3.53. The minimum absolute atomic E-state index is 0.173. The lowest BCUT2D eigenvalue weighted by molar-refractivity contribution is -0.139. The quantitative estimate of drug-likeness (QED) is 0.371. The van der Waals surface area contributed by atoms with Gasteiger partial charge in [0.2, 0.25) is 0 Å². The van der Waals surface area contributed by atoms with Gasteiger partial charge in [0.05, 0.1) is 5.71 Å². The molecule has 5 rings (SSSR count). The maximum Gasteiger partial charge on any atom is 0.341 e. The van der Waals surface area contributed by atoms with Crippen LogP contribution in [0.15, 0.2) is 71.9 Å². The summed E-state index contributed by atoms with van der Waals surface area (Å²) in [4.78, 5) is 17.0. The molecule has 0 bridgehead atoms. The van der Waals surface area contributed by atoms with E-state index in [9.17, 15) is 4.79 Å². The van der Waals surface area contributed by atoms with Gasteiger partial charge >= 0.3 is 5.97 Å². The molecule has 0 heterocycles. The second-order valence-corrected chi connectivity index (χ2v) is 8.88. The van der Waals surface area contributed by atoms with Crippen LogP contribution in [0, 0.1) is 5.92 Å². The molecule has 1 unspecified atom stereocenters. The first-order valence-corrected chi connectivity index (χ1v) is 11.4. The number of oxime groups is 1. The van der Waals surface area contributed by atoms with E-state index in [1.54, 1.807) is 0 Å². The summed E-state index contributed by atoms with van der Waals surface area (Å²) in [7, 11) is 0. The number of rotatable bonds is 7. The highest BCUT2D eigenvalue weighted by Gasteiger charge is 2.30. The van der Waals surface area contributed by atoms with Crippen molar-refractivity contribution in [3.63, 3.8) is 0 Å². The molecule has 3 aromatic rings. The Kier molecular flexibility index (Phi) is 5.86. The van der Waals surface area contributed by atoms with Crippen molar-refractivity contribution in [3.8, 4) is 16.9 Å². The van der Waals surface area contributed by atoms with E-state index in [0.29, 0.717) is 11.7 Å². The number of benzene rings is 3. The summed E-state index contributed by atoms with van der Waals surface area (Å²) in [5, 5.41) is 13.5. The molecule has 33 heavy (non-hydrogen) atoms. The lowest BCUT2D eigenvalue weighted by Crippen LogP contribution is -2.19. The van der Waals surface area contributed by atoms with Crippen molar-refractivity contribution in [2.24, 2.45) is 11.1 Å². The number of nitrogens with zero attached hydrogens (tertiary/aromatic N) is 1. The summed E-state index contributed by atoms with van der Waals surface area (Å²) < 4.78 is 5.49. The van der Waals surface area contributed by atoms with Crippen molar-refractivity contribution < 1.29 is 19.5 Å². The second-order valence-electron chi connectivity index (χ2n) is 8.88. The molecule has 2 aliphatic rings. The molecule has 0 aliphatic heterocycles. The molecule has 0 radical (unpaired) electrons. The van der Waals surface area contributed by atoms with E-state index >= 15 is 0 Å². The Balaban J connectivity index is 1.26. The number of carboxylic acid groups (broad SMARTS) is 1. The number of aliphatic carboxylic acids is 1. The van der Waals surface area contributed by atoms with Gasteiger partial charge in [0.25, 0.3) is 0 Å². The Morgan fingerprint density at radius 2 is 1.70 bits per heavy atom. The Morgan fingerprint density at radius 1 is 1.00 bits per heavy atom. The first-order valence-electron chi connectivity index (χ1n) is 11.4. The van der Waals surface area contributed by atoms with Crippen LogP contribution >= 0.6 is 0 Å². The summed E-state index contributed by atoms with van der Waals surface area (Å²) in [6, 6.07) is 22.7. The molecule has 1 atom stereocenters. The van der Waals surface area contributed by atoms with Gasteiger partial charge in [-0.05, 0) is 66.8 Å². The highest BCUT2D eigenvalue weighted by molar-refractivity contribution is 5.82. The SMILES string of the molecule is C/C(CC1CCc2c(cccc2OCC(=O)O)C1)=N/OC1c2ccccc2-c2ccccc21. The zero-order valence-electron chi connectivity index (χ0n) is 18.7. The first kappa shape index (κ1) is 21.3. The van der Waals surface area contributed by atoms with Crippen LogP contribution in [0.25, 0.3) is 11.1 Å². The molecule has 0 saturated heterocycles. The molecule has 0 fully saturated rings. The Hall–Kier alpha value is -3.60. The third-order valence-corrected chi connectivity index (χ3v) is 6.57. The number of hydrogen-bond acceptors (Lipinski definition) is 4. The van der Waals surface area contributed by atoms with Crippen LogP contribution in [0.1, 0.15) is 48.1 Å². The molecule has 0 spiro atoms. The monoisotopic (exact) mass is 441 g/mol. The fraction of sp³-hybridized carbons (Fsp3) is 0.286. The summed E-state index contributed by atoms with van der Waals surface area (Å²) in [5.41, 5.74) is 8.13. The van der Waals surface area contributed by atoms with Crippen molar-refractivity contribution >= 4 is 11.7 Å². The zero-order chi connectivity index (χ0) is 22.8. The molecular formula is C28H27NO4. The van der Waals surface area contributed by atoms with Crippen molar-refractivity contribution in [3.05, 3.63) is 89.0 Å². The number of fused-ring (bicyclic) bond motifs is 4. The van der Waals surface area contributed by atoms with Crippen LogP contribution in [0.4, 0.5) is 0 Å². The van der Waals surface area contributed by atoms with Gasteiger partial charge in [-0.3, -0.25) is 0 Å². The molecule has 0 aromatic heterocycles. The minimum atomic E-state index is -0.958. The molecule has 0 amide bonds. The van der Waals surface area contributed by atoms with Gasteiger partial charge < -0.3 is 14.7 Å². The average molecular weight is 442 g/mol. The van der Waals surface area contributed by atoms with Crippen molar-refractivity contribution in [2.45, 2.75) is 38.7 Å². The standard InChI is InChI=1S/C28H27NO4/c1-18(15-19-13-14-21-20(16-19)7-6-12-26(21)32-17-27(30)31)29-33-28-24-10-4-2-8-22(24)23-9-3-5-11-25(23)28/h2-12,19,28H,13-17H2,1H3,(H,30,31)/b29-18-. The summed E-state index contributed by atoms with van der Waals surface area (Å²) in [6.45, 7) is 1.73. The summed E-state index contributed by atoms with van der Waals surface area (Å²) in [5.74, 6) is 0.212. The molecule has 2 aliphatic carbocycles. The number of carbonyl (C=O) groups is 1. The maximum atomic E-state index is 10.9. The topological polar surface area (TPSA) is 68.1 Å². The van der Waals surface area contributed by atoms with Crippen LogP contribution in [0.3, 0.4) is 0 Å². The normalized spacial score (nSPS) is 17.1.